The molecule has 26 heavy (non-hydrogen) atoms. The van der Waals surface area contributed by atoms with Crippen molar-refractivity contribution in [3.05, 3.63) is 70.8 Å². The fourth-order valence-corrected chi connectivity index (χ4v) is 3.55. The topological polar surface area (TPSA) is 17.1 Å². The maximum Gasteiger partial charge on any atom is 0.193 e. The molecule has 0 unspecified atom stereocenters. The van der Waals surface area contributed by atoms with Crippen LogP contribution in [0.3, 0.4) is 0 Å². The van der Waals surface area contributed by atoms with Gasteiger partial charge in [-0.15, -0.1) is 0 Å². The fraction of sp³-hybridized carbons (Fsp3) is 0.480. The van der Waals surface area contributed by atoms with Gasteiger partial charge in [-0.05, 0) is 36.8 Å². The van der Waals surface area contributed by atoms with Gasteiger partial charge in [-0.25, -0.2) is 0 Å². The molecule has 0 atom stereocenters. The summed E-state index contributed by atoms with van der Waals surface area (Å²) in [4.78, 5) is 13.3. The van der Waals surface area contributed by atoms with Crippen LogP contribution >= 0.6 is 0 Å². The largest absolute Gasteiger partial charge is 0.289 e. The van der Waals surface area contributed by atoms with Crippen molar-refractivity contribution in [3.8, 4) is 0 Å². The number of aryl methyl sites for hydroxylation is 2. The maximum absolute atomic E-state index is 13.3. The smallest absolute Gasteiger partial charge is 0.193 e. The Balaban J connectivity index is 2.13. The van der Waals surface area contributed by atoms with E-state index in [1.807, 2.05) is 24.3 Å². The van der Waals surface area contributed by atoms with Gasteiger partial charge in [0.15, 0.2) is 5.78 Å². The van der Waals surface area contributed by atoms with Gasteiger partial charge in [-0.1, -0.05) is 101 Å². The van der Waals surface area contributed by atoms with E-state index >= 15 is 0 Å². The number of hydrogen-bond acceptors (Lipinski definition) is 1. The van der Waals surface area contributed by atoms with Crippen LogP contribution in [0.15, 0.2) is 48.5 Å². The highest BCUT2D eigenvalue weighted by molar-refractivity contribution is 6.10. The first kappa shape index (κ1) is 20.4. The summed E-state index contributed by atoms with van der Waals surface area (Å²) in [6, 6.07) is 16.4. The van der Waals surface area contributed by atoms with Crippen molar-refractivity contribution in [3.63, 3.8) is 0 Å². The van der Waals surface area contributed by atoms with E-state index in [9.17, 15) is 4.79 Å². The Bertz CT molecular complexity index is 614. The molecule has 1 heteroatoms. The summed E-state index contributed by atoms with van der Waals surface area (Å²) in [7, 11) is 0. The Hall–Kier alpha value is -1.89. The third-order valence-electron chi connectivity index (χ3n) is 5.12. The molecule has 140 valence electrons. The van der Waals surface area contributed by atoms with Gasteiger partial charge in [0.1, 0.15) is 0 Å². The molecule has 0 saturated heterocycles. The lowest BCUT2D eigenvalue weighted by Gasteiger charge is -2.12. The van der Waals surface area contributed by atoms with E-state index in [0.717, 1.165) is 36.8 Å². The van der Waals surface area contributed by atoms with Crippen LogP contribution in [-0.4, -0.2) is 5.78 Å². The zero-order valence-corrected chi connectivity index (χ0v) is 16.6. The Morgan fingerprint density at radius 3 is 1.46 bits per heavy atom. The van der Waals surface area contributed by atoms with E-state index in [-0.39, 0.29) is 5.78 Å². The maximum atomic E-state index is 13.3. The quantitative estimate of drug-likeness (QED) is 0.293. The summed E-state index contributed by atoms with van der Waals surface area (Å²) in [6.07, 6.45) is 11.8. The highest BCUT2D eigenvalue weighted by atomic mass is 16.1. The first-order valence-corrected chi connectivity index (χ1v) is 10.5. The molecule has 2 aromatic carbocycles. The van der Waals surface area contributed by atoms with Gasteiger partial charge in [0.05, 0.1) is 0 Å². The predicted octanol–water partition coefficient (Wildman–Crippen LogP) is 7.16. The van der Waals surface area contributed by atoms with Gasteiger partial charge in [0, 0.05) is 11.1 Å². The molecule has 0 aromatic heterocycles. The van der Waals surface area contributed by atoms with E-state index in [4.69, 9.17) is 0 Å². The summed E-state index contributed by atoms with van der Waals surface area (Å²) in [5.74, 6) is 0.196. The normalized spacial score (nSPS) is 10.8. The molecule has 0 saturated carbocycles. The van der Waals surface area contributed by atoms with Gasteiger partial charge in [0.2, 0.25) is 0 Å². The highest BCUT2D eigenvalue weighted by Crippen LogP contribution is 2.21. The van der Waals surface area contributed by atoms with Crippen LogP contribution in [0, 0.1) is 0 Å². The van der Waals surface area contributed by atoms with Gasteiger partial charge in [0.25, 0.3) is 0 Å². The molecule has 2 rings (SSSR count). The molecule has 0 aliphatic rings. The lowest BCUT2D eigenvalue weighted by atomic mass is 9.91. The number of rotatable bonds is 12. The summed E-state index contributed by atoms with van der Waals surface area (Å²) >= 11 is 0. The molecular formula is C25H34O. The number of unbranched alkanes of at least 4 members (excludes halogenated alkanes) is 6. The Morgan fingerprint density at radius 1 is 0.615 bits per heavy atom. The van der Waals surface area contributed by atoms with Gasteiger partial charge < -0.3 is 0 Å². The van der Waals surface area contributed by atoms with E-state index in [0.29, 0.717) is 0 Å². The number of benzene rings is 2. The SMILES string of the molecule is CCCCCCc1ccccc1C(=O)c1ccccc1CCCCCC. The summed E-state index contributed by atoms with van der Waals surface area (Å²) < 4.78 is 0. The van der Waals surface area contributed by atoms with Gasteiger partial charge in [-0.3, -0.25) is 4.79 Å². The fourth-order valence-electron chi connectivity index (χ4n) is 3.55. The van der Waals surface area contributed by atoms with E-state index in [1.165, 1.54) is 49.7 Å². The molecule has 0 aliphatic carbocycles. The van der Waals surface area contributed by atoms with Crippen molar-refractivity contribution in [1.82, 2.24) is 0 Å². The number of hydrogen-bond donors (Lipinski definition) is 0. The van der Waals surface area contributed by atoms with Crippen LogP contribution in [0.4, 0.5) is 0 Å². The molecule has 0 fully saturated rings. The Morgan fingerprint density at radius 2 is 1.04 bits per heavy atom. The molecule has 0 spiro atoms. The van der Waals surface area contributed by atoms with Crippen LogP contribution in [-0.2, 0) is 12.8 Å². The highest BCUT2D eigenvalue weighted by Gasteiger charge is 2.16. The second-order valence-electron chi connectivity index (χ2n) is 7.26. The Kier molecular flexibility index (Phi) is 9.17. The number of carbonyl (C=O) groups is 1. The number of ketones is 1. The lowest BCUT2D eigenvalue weighted by molar-refractivity contribution is 0.103. The third kappa shape index (κ3) is 6.12. The van der Waals surface area contributed by atoms with Crippen molar-refractivity contribution in [2.24, 2.45) is 0 Å². The van der Waals surface area contributed by atoms with Crippen molar-refractivity contribution in [2.45, 2.75) is 78.1 Å². The van der Waals surface area contributed by atoms with Crippen molar-refractivity contribution >= 4 is 5.78 Å². The third-order valence-corrected chi connectivity index (χ3v) is 5.12. The molecule has 0 amide bonds. The van der Waals surface area contributed by atoms with Crippen molar-refractivity contribution in [1.29, 1.82) is 0 Å². The predicted molar refractivity (Wildman–Crippen MR) is 112 cm³/mol. The average Bonchev–Trinajstić information content (AvgIpc) is 2.69. The minimum atomic E-state index is 0.196. The van der Waals surface area contributed by atoms with Crippen LogP contribution in [0.2, 0.25) is 0 Å². The first-order valence-electron chi connectivity index (χ1n) is 10.5. The van der Waals surface area contributed by atoms with Crippen LogP contribution in [0.25, 0.3) is 0 Å². The second-order valence-corrected chi connectivity index (χ2v) is 7.26. The van der Waals surface area contributed by atoms with Crippen molar-refractivity contribution < 1.29 is 4.79 Å². The van der Waals surface area contributed by atoms with E-state index in [1.54, 1.807) is 0 Å². The zero-order valence-electron chi connectivity index (χ0n) is 16.6. The standard InChI is InChI=1S/C25H34O/c1-3-5-7-9-15-21-17-11-13-19-23(21)25(26)24-20-14-12-18-22(24)16-10-8-6-4-2/h11-14,17-20H,3-10,15-16H2,1-2H3. The van der Waals surface area contributed by atoms with Crippen molar-refractivity contribution in [2.75, 3.05) is 0 Å². The van der Waals surface area contributed by atoms with Gasteiger partial charge in [-0.2, -0.15) is 0 Å². The molecule has 1 nitrogen and oxygen atoms in total. The van der Waals surface area contributed by atoms with E-state index < -0.39 is 0 Å². The summed E-state index contributed by atoms with van der Waals surface area (Å²) in [6.45, 7) is 4.46. The average molecular weight is 351 g/mol. The minimum absolute atomic E-state index is 0.196. The molecule has 0 N–H and O–H groups in total. The minimum Gasteiger partial charge on any atom is -0.289 e. The van der Waals surface area contributed by atoms with Gasteiger partial charge >= 0.3 is 0 Å². The Labute approximate surface area is 159 Å². The second kappa shape index (κ2) is 11.7. The summed E-state index contributed by atoms with van der Waals surface area (Å²) in [5.41, 5.74) is 4.19. The molecule has 0 heterocycles. The monoisotopic (exact) mass is 350 g/mol. The number of carbonyl (C=O) groups excluding carboxylic acids is 1. The van der Waals surface area contributed by atoms with E-state index in [2.05, 4.69) is 38.1 Å². The molecule has 0 bridgehead atoms. The molecule has 2 aromatic rings. The van der Waals surface area contributed by atoms with Crippen LogP contribution in [0.1, 0.15) is 92.3 Å². The first-order chi connectivity index (χ1) is 12.8. The molecular weight excluding hydrogens is 316 g/mol. The summed E-state index contributed by atoms with van der Waals surface area (Å²) in [5, 5.41) is 0. The van der Waals surface area contributed by atoms with Crippen LogP contribution < -0.4 is 0 Å². The lowest BCUT2D eigenvalue weighted by Crippen LogP contribution is -2.09. The zero-order chi connectivity index (χ0) is 18.6. The molecule has 0 radical (unpaired) electrons. The van der Waals surface area contributed by atoms with Crippen LogP contribution in [0.5, 0.6) is 0 Å². The molecule has 0 aliphatic heterocycles.